The quantitative estimate of drug-likeness (QED) is 0.288. The maximum absolute atomic E-state index is 9.73. The second-order valence-electron chi connectivity index (χ2n) is 1.30. The van der Waals surface area contributed by atoms with Crippen LogP contribution in [-0.2, 0) is 4.79 Å². The van der Waals surface area contributed by atoms with Gasteiger partial charge in [-0.2, -0.15) is 0 Å². The summed E-state index contributed by atoms with van der Waals surface area (Å²) >= 11 is 0.0594. The van der Waals surface area contributed by atoms with Gasteiger partial charge in [0.05, 0.1) is 0 Å². The van der Waals surface area contributed by atoms with E-state index in [1.807, 2.05) is 0 Å². The van der Waals surface area contributed by atoms with E-state index in [1.54, 1.807) is 0 Å². The van der Waals surface area contributed by atoms with Gasteiger partial charge in [-0.1, -0.05) is 0 Å². The number of hydrogen-bond donors (Lipinski definition) is 1. The van der Waals surface area contributed by atoms with Gasteiger partial charge in [0.2, 0.25) is 0 Å². The van der Waals surface area contributed by atoms with Crippen molar-refractivity contribution in [2.45, 2.75) is 3.29 Å². The zero-order chi connectivity index (χ0) is 6.73. The Kier molecular flexibility index (Phi) is 2.96. The molecule has 0 aliphatic heterocycles. The van der Waals surface area contributed by atoms with Crippen LogP contribution in [0.2, 0.25) is 0 Å². The van der Waals surface area contributed by atoms with E-state index >= 15 is 0 Å². The van der Waals surface area contributed by atoms with E-state index in [1.165, 1.54) is 0 Å². The summed E-state index contributed by atoms with van der Waals surface area (Å²) in [6.45, 7) is 0. The van der Waals surface area contributed by atoms with Gasteiger partial charge in [-0.15, -0.1) is 0 Å². The first kappa shape index (κ1) is 7.87. The molecule has 0 spiro atoms. The summed E-state index contributed by atoms with van der Waals surface area (Å²) < 4.78 is -1.35. The molecule has 6 heteroatoms. The standard InChI is InChI=1S/C2H2NO4.Na/c4-2(5)1-3(6)7;/h1H,(H,4,5);. The third-order valence-electron chi connectivity index (χ3n) is 0.674. The van der Waals surface area contributed by atoms with Crippen LogP contribution in [0.5, 0.6) is 0 Å². The predicted octanol–water partition coefficient (Wildman–Crippen LogP) is -1.16. The number of carboxylic acid groups (broad SMARTS) is 1. The van der Waals surface area contributed by atoms with Gasteiger partial charge in [0.25, 0.3) is 0 Å². The molecule has 0 heterocycles. The molecule has 0 radical (unpaired) electrons. The molecule has 0 amide bonds. The average Bonchev–Trinajstić information content (AvgIpc) is 1.64. The van der Waals surface area contributed by atoms with Crippen molar-refractivity contribution in [3.05, 3.63) is 10.1 Å². The molecule has 40 valence electrons. The SMILES string of the molecule is O=C(O)[CH]([Na])[N+](=O)[O-]. The number of carbonyl (C=O) groups is 1. The Hall–Kier alpha value is -0.130. The topological polar surface area (TPSA) is 80.4 Å². The number of hydrogen-bond acceptors (Lipinski definition) is 3. The third-order valence-corrected chi connectivity index (χ3v) is 1.59. The van der Waals surface area contributed by atoms with E-state index in [0.717, 1.165) is 0 Å². The number of rotatable bonds is 2. The molecule has 8 heavy (non-hydrogen) atoms. The molecular formula is C2H2NNaO4. The van der Waals surface area contributed by atoms with E-state index in [2.05, 4.69) is 0 Å². The molecule has 0 rings (SSSR count). The summed E-state index contributed by atoms with van der Waals surface area (Å²) in [6.07, 6.45) is 0. The van der Waals surface area contributed by atoms with Crippen molar-refractivity contribution in [1.29, 1.82) is 0 Å². The van der Waals surface area contributed by atoms with Gasteiger partial charge < -0.3 is 0 Å². The number of nitro groups is 1. The molecule has 0 aromatic heterocycles. The molecule has 5 nitrogen and oxygen atoms in total. The molecule has 0 saturated carbocycles. The Morgan fingerprint density at radius 1 is 1.88 bits per heavy atom. The normalized spacial score (nSPS) is 12.8. The average molecular weight is 127 g/mol. The molecule has 0 aliphatic rings. The summed E-state index contributed by atoms with van der Waals surface area (Å²) in [5, 5.41) is 17.5. The first-order chi connectivity index (χ1) is 3.55. The van der Waals surface area contributed by atoms with Crippen LogP contribution < -0.4 is 0 Å². The summed E-state index contributed by atoms with van der Waals surface area (Å²) in [5.41, 5.74) is 0. The Balaban J connectivity index is 3.83. The Bertz CT molecular complexity index is 109. The van der Waals surface area contributed by atoms with Crippen molar-refractivity contribution in [1.82, 2.24) is 0 Å². The predicted molar refractivity (Wildman–Crippen MR) is 24.2 cm³/mol. The second kappa shape index (κ2) is 3.01. The van der Waals surface area contributed by atoms with Crippen LogP contribution in [0.25, 0.3) is 0 Å². The number of nitrogens with zero attached hydrogens (tertiary/aromatic N) is 1. The molecule has 0 aromatic rings. The van der Waals surface area contributed by atoms with Gasteiger partial charge in [0.1, 0.15) is 0 Å². The first-order valence-corrected chi connectivity index (χ1v) is 3.07. The van der Waals surface area contributed by atoms with Crippen molar-refractivity contribution < 1.29 is 14.8 Å². The van der Waals surface area contributed by atoms with Gasteiger partial charge in [0, 0.05) is 0 Å². The summed E-state index contributed by atoms with van der Waals surface area (Å²) in [6, 6.07) is 0. The van der Waals surface area contributed by atoms with Crippen molar-refractivity contribution in [3.8, 4) is 0 Å². The molecule has 0 fully saturated rings. The van der Waals surface area contributed by atoms with Crippen molar-refractivity contribution in [3.63, 3.8) is 0 Å². The van der Waals surface area contributed by atoms with Crippen molar-refractivity contribution >= 4 is 33.9 Å². The Morgan fingerprint density at radius 3 is 2.25 bits per heavy atom. The third kappa shape index (κ3) is 2.25. The first-order valence-electron chi connectivity index (χ1n) is 1.92. The van der Waals surface area contributed by atoms with Crippen LogP contribution in [0, 0.1) is 10.1 Å². The van der Waals surface area contributed by atoms with Crippen LogP contribution in [0.15, 0.2) is 0 Å². The molecule has 1 atom stereocenters. The van der Waals surface area contributed by atoms with E-state index < -0.39 is 14.2 Å². The van der Waals surface area contributed by atoms with E-state index in [4.69, 9.17) is 5.11 Å². The molecule has 0 bridgehead atoms. The van der Waals surface area contributed by atoms with E-state index in [0.29, 0.717) is 0 Å². The fourth-order valence-corrected chi connectivity index (χ4v) is 0.0902. The fraction of sp³-hybridized carbons (Fsp3) is 0.500. The minimum atomic E-state index is -1.35. The van der Waals surface area contributed by atoms with Crippen LogP contribution >= 0.6 is 0 Å². The zero-order valence-corrected chi connectivity index (χ0v) is 6.20. The summed E-state index contributed by atoms with van der Waals surface area (Å²) in [5.74, 6) is -1.35. The van der Waals surface area contributed by atoms with E-state index in [9.17, 15) is 14.9 Å². The summed E-state index contributed by atoms with van der Waals surface area (Å²) in [7, 11) is 0. The molecule has 0 aliphatic carbocycles. The van der Waals surface area contributed by atoms with Crippen LogP contribution in [-0.4, -0.2) is 47.2 Å². The van der Waals surface area contributed by atoms with Crippen LogP contribution in [0.3, 0.4) is 0 Å². The van der Waals surface area contributed by atoms with Crippen molar-refractivity contribution in [2.24, 2.45) is 0 Å². The molecular weight excluding hydrogens is 125 g/mol. The van der Waals surface area contributed by atoms with Crippen molar-refractivity contribution in [2.75, 3.05) is 0 Å². The Morgan fingerprint density at radius 2 is 2.25 bits per heavy atom. The van der Waals surface area contributed by atoms with Crippen LogP contribution in [0.4, 0.5) is 0 Å². The van der Waals surface area contributed by atoms with Gasteiger partial charge in [-0.25, -0.2) is 0 Å². The number of aliphatic carboxylic acids is 1. The number of carboxylic acids is 1. The van der Waals surface area contributed by atoms with E-state index in [-0.39, 0.29) is 27.9 Å². The van der Waals surface area contributed by atoms with Gasteiger partial charge in [0.15, 0.2) is 0 Å². The zero-order valence-electron chi connectivity index (χ0n) is 4.20. The monoisotopic (exact) mass is 127 g/mol. The summed E-state index contributed by atoms with van der Waals surface area (Å²) in [4.78, 5) is 18.5. The molecule has 0 saturated heterocycles. The maximum atomic E-state index is 9.73. The van der Waals surface area contributed by atoms with Crippen LogP contribution in [0.1, 0.15) is 0 Å². The fourth-order valence-electron chi connectivity index (χ4n) is 0.0902. The van der Waals surface area contributed by atoms with Gasteiger partial charge >= 0.3 is 62.1 Å². The Labute approximate surface area is 62.2 Å². The molecule has 0 aromatic carbocycles. The van der Waals surface area contributed by atoms with Gasteiger partial charge in [-0.3, -0.25) is 0 Å². The second-order valence-corrected chi connectivity index (χ2v) is 2.39. The molecule has 1 unspecified atom stereocenters. The van der Waals surface area contributed by atoms with Gasteiger partial charge in [-0.05, 0) is 0 Å². The minimum absolute atomic E-state index is 0.0594. The molecule has 1 N–H and O–H groups in total.